The highest BCUT2D eigenvalue weighted by Crippen LogP contribution is 2.06. The Hall–Kier alpha value is 0.610. The standard InChI is InChI=1S/C13H21N.I2/c1-3-5-8-12-10-7-11-13(14-12)9-6-4-2;1-2/h7,10-11H,3-6,8-9H2,1-2H3;. The van der Waals surface area contributed by atoms with E-state index in [1.807, 2.05) is 0 Å². The van der Waals surface area contributed by atoms with E-state index in [1.165, 1.54) is 37.1 Å². The Balaban J connectivity index is 0.00000106. The van der Waals surface area contributed by atoms with Crippen LogP contribution in [0.3, 0.4) is 0 Å². The van der Waals surface area contributed by atoms with E-state index in [4.69, 9.17) is 0 Å². The summed E-state index contributed by atoms with van der Waals surface area (Å²) in [6, 6.07) is 6.43. The number of rotatable bonds is 6. The van der Waals surface area contributed by atoms with Crippen molar-refractivity contribution in [1.29, 1.82) is 0 Å². The van der Waals surface area contributed by atoms with Crippen molar-refractivity contribution in [3.63, 3.8) is 0 Å². The van der Waals surface area contributed by atoms with Crippen LogP contribution < -0.4 is 0 Å². The average Bonchev–Trinajstić information content (AvgIpc) is 2.37. The summed E-state index contributed by atoms with van der Waals surface area (Å²) in [5.41, 5.74) is 2.53. The fourth-order valence-electron chi connectivity index (χ4n) is 1.52. The van der Waals surface area contributed by atoms with Crippen LogP contribution in [-0.4, -0.2) is 4.98 Å². The summed E-state index contributed by atoms with van der Waals surface area (Å²) in [7, 11) is 0. The molecule has 0 aliphatic heterocycles. The lowest BCUT2D eigenvalue weighted by Gasteiger charge is -2.03. The minimum absolute atomic E-state index is 1.14. The second kappa shape index (κ2) is 12.1. The molecule has 1 nitrogen and oxygen atoms in total. The first-order valence-electron chi connectivity index (χ1n) is 5.96. The van der Waals surface area contributed by atoms with Gasteiger partial charge in [-0.1, -0.05) is 32.8 Å². The van der Waals surface area contributed by atoms with Crippen molar-refractivity contribution in [2.45, 2.75) is 52.4 Å². The number of hydrogen-bond donors (Lipinski definition) is 0. The van der Waals surface area contributed by atoms with Crippen molar-refractivity contribution >= 4 is 37.2 Å². The van der Waals surface area contributed by atoms with Crippen molar-refractivity contribution in [1.82, 2.24) is 4.98 Å². The van der Waals surface area contributed by atoms with Gasteiger partial charge in [0.2, 0.25) is 0 Å². The Morgan fingerprint density at radius 2 is 1.38 bits per heavy atom. The zero-order chi connectivity index (χ0) is 12.2. The molecule has 0 fully saturated rings. The maximum atomic E-state index is 4.65. The lowest BCUT2D eigenvalue weighted by molar-refractivity contribution is 0.746. The molecule has 0 aromatic carbocycles. The molecule has 0 radical (unpaired) electrons. The van der Waals surface area contributed by atoms with E-state index in [-0.39, 0.29) is 0 Å². The van der Waals surface area contributed by atoms with Crippen LogP contribution in [0.25, 0.3) is 0 Å². The predicted molar refractivity (Wildman–Crippen MR) is 89.5 cm³/mol. The van der Waals surface area contributed by atoms with E-state index >= 15 is 0 Å². The van der Waals surface area contributed by atoms with Crippen molar-refractivity contribution in [3.05, 3.63) is 29.6 Å². The zero-order valence-electron chi connectivity index (χ0n) is 10.2. The Bertz CT molecular complexity index is 241. The molecule has 3 heteroatoms. The number of unbranched alkanes of at least 4 members (excludes halogenated alkanes) is 2. The molecule has 0 N–H and O–H groups in total. The van der Waals surface area contributed by atoms with Crippen LogP contribution in [0.5, 0.6) is 0 Å². The van der Waals surface area contributed by atoms with E-state index in [2.05, 4.69) is 74.3 Å². The number of aryl methyl sites for hydroxylation is 2. The molecule has 1 rings (SSSR count). The quantitative estimate of drug-likeness (QED) is 0.525. The highest BCUT2D eigenvalue weighted by molar-refractivity contribution is 15.0. The van der Waals surface area contributed by atoms with Crippen LogP contribution in [0.1, 0.15) is 50.9 Å². The molecule has 0 bridgehead atoms. The molecule has 1 aromatic rings. The molecule has 0 saturated carbocycles. The van der Waals surface area contributed by atoms with E-state index in [9.17, 15) is 0 Å². The number of aromatic nitrogens is 1. The molecule has 0 aliphatic carbocycles. The van der Waals surface area contributed by atoms with Gasteiger partial charge in [0.15, 0.2) is 0 Å². The van der Waals surface area contributed by atoms with Gasteiger partial charge in [-0.25, -0.2) is 0 Å². The minimum Gasteiger partial charge on any atom is -0.258 e. The summed E-state index contributed by atoms with van der Waals surface area (Å²) in [5, 5.41) is 0. The van der Waals surface area contributed by atoms with E-state index in [0.717, 1.165) is 12.8 Å². The topological polar surface area (TPSA) is 12.9 Å². The number of pyridine rings is 1. The fraction of sp³-hybridized carbons (Fsp3) is 0.615. The third-order valence-electron chi connectivity index (χ3n) is 2.44. The highest BCUT2D eigenvalue weighted by atomic mass is 128. The third kappa shape index (κ3) is 7.81. The van der Waals surface area contributed by atoms with Gasteiger partial charge in [-0.3, -0.25) is 4.98 Å². The van der Waals surface area contributed by atoms with Gasteiger partial charge in [-0.2, -0.15) is 0 Å². The lowest BCUT2D eigenvalue weighted by atomic mass is 10.1. The van der Waals surface area contributed by atoms with Crippen molar-refractivity contribution in [3.8, 4) is 0 Å². The molecule has 16 heavy (non-hydrogen) atoms. The van der Waals surface area contributed by atoms with Crippen LogP contribution >= 0.6 is 37.2 Å². The van der Waals surface area contributed by atoms with E-state index < -0.39 is 0 Å². The largest absolute Gasteiger partial charge is 0.258 e. The van der Waals surface area contributed by atoms with Crippen LogP contribution in [0, 0.1) is 0 Å². The lowest BCUT2D eigenvalue weighted by Crippen LogP contribution is -1.95. The van der Waals surface area contributed by atoms with Gasteiger partial charge in [0.05, 0.1) is 0 Å². The van der Waals surface area contributed by atoms with Gasteiger partial charge < -0.3 is 0 Å². The number of nitrogens with zero attached hydrogens (tertiary/aromatic N) is 1. The summed E-state index contributed by atoms with van der Waals surface area (Å²) >= 11 is 4.24. The van der Waals surface area contributed by atoms with Gasteiger partial charge in [-0.15, -0.1) is 0 Å². The van der Waals surface area contributed by atoms with Crippen molar-refractivity contribution in [2.24, 2.45) is 0 Å². The Kier molecular flexibility index (Phi) is 12.5. The number of hydrogen-bond acceptors (Lipinski definition) is 1. The van der Waals surface area contributed by atoms with Crippen LogP contribution in [0.15, 0.2) is 18.2 Å². The first-order valence-corrected chi connectivity index (χ1v) is 12.2. The Labute approximate surface area is 123 Å². The minimum atomic E-state index is 1.14. The zero-order valence-corrected chi connectivity index (χ0v) is 14.5. The average molecular weight is 445 g/mol. The first kappa shape index (κ1) is 16.6. The Morgan fingerprint density at radius 1 is 0.938 bits per heavy atom. The van der Waals surface area contributed by atoms with Crippen LogP contribution in [-0.2, 0) is 12.8 Å². The van der Waals surface area contributed by atoms with Crippen molar-refractivity contribution < 1.29 is 0 Å². The summed E-state index contributed by atoms with van der Waals surface area (Å²) in [6.45, 7) is 4.45. The maximum Gasteiger partial charge on any atom is 0.0406 e. The van der Waals surface area contributed by atoms with Crippen LogP contribution in [0.2, 0.25) is 0 Å². The van der Waals surface area contributed by atoms with Gasteiger partial charge in [0.25, 0.3) is 0 Å². The molecular formula is C13H21I2N. The molecule has 0 aliphatic rings. The van der Waals surface area contributed by atoms with Gasteiger partial charge in [0, 0.05) is 48.6 Å². The summed E-state index contributed by atoms with van der Waals surface area (Å²) in [6.07, 6.45) is 7.28. The second-order valence-corrected chi connectivity index (χ2v) is 3.83. The molecule has 0 amide bonds. The van der Waals surface area contributed by atoms with Crippen LogP contribution in [0.4, 0.5) is 0 Å². The molecule has 0 atom stereocenters. The molecule has 1 aromatic heterocycles. The van der Waals surface area contributed by atoms with Crippen molar-refractivity contribution in [2.75, 3.05) is 0 Å². The maximum absolute atomic E-state index is 4.65. The molecule has 0 unspecified atom stereocenters. The predicted octanol–water partition coefficient (Wildman–Crippen LogP) is 5.54. The SMILES string of the molecule is CCCCc1cccc(CCCC)n1.II. The van der Waals surface area contributed by atoms with Gasteiger partial charge >= 0.3 is 0 Å². The molecule has 0 spiro atoms. The van der Waals surface area contributed by atoms with E-state index in [1.54, 1.807) is 0 Å². The normalized spacial score (nSPS) is 9.50. The second-order valence-electron chi connectivity index (χ2n) is 3.83. The summed E-state index contributed by atoms with van der Waals surface area (Å²) < 4.78 is 0. The molecule has 92 valence electrons. The fourth-order valence-corrected chi connectivity index (χ4v) is 1.52. The number of halogens is 2. The molecular weight excluding hydrogens is 424 g/mol. The molecule has 0 saturated heterocycles. The van der Waals surface area contributed by atoms with E-state index in [0.29, 0.717) is 0 Å². The monoisotopic (exact) mass is 445 g/mol. The Morgan fingerprint density at radius 3 is 1.75 bits per heavy atom. The summed E-state index contributed by atoms with van der Waals surface area (Å²) in [5.74, 6) is 0. The third-order valence-corrected chi connectivity index (χ3v) is 2.44. The smallest absolute Gasteiger partial charge is 0.0406 e. The first-order chi connectivity index (χ1) is 7.86. The molecule has 1 heterocycles. The summed E-state index contributed by atoms with van der Waals surface area (Å²) in [4.78, 5) is 4.65. The van der Waals surface area contributed by atoms with Gasteiger partial charge in [-0.05, 0) is 37.8 Å². The highest BCUT2D eigenvalue weighted by Gasteiger charge is 1.97. The van der Waals surface area contributed by atoms with Gasteiger partial charge in [0.1, 0.15) is 0 Å².